The maximum Gasteiger partial charge on any atom is 0.266 e. The summed E-state index contributed by atoms with van der Waals surface area (Å²) in [6, 6.07) is 4.12. The normalized spacial score (nSPS) is 18.0. The van der Waals surface area contributed by atoms with E-state index in [0.29, 0.717) is 17.1 Å². The average molecular weight is 418 g/mol. The Kier molecular flexibility index (Phi) is 7.45. The van der Waals surface area contributed by atoms with Crippen LogP contribution in [0.1, 0.15) is 64.0 Å². The number of amidine groups is 1. The van der Waals surface area contributed by atoms with Crippen molar-refractivity contribution < 1.29 is 13.2 Å². The average Bonchev–Trinajstić information content (AvgIpc) is 3.47. The van der Waals surface area contributed by atoms with Crippen LogP contribution >= 0.6 is 0 Å². The van der Waals surface area contributed by atoms with Crippen molar-refractivity contribution in [3.63, 3.8) is 0 Å². The lowest BCUT2D eigenvalue weighted by molar-refractivity contribution is 0.146. The molecule has 0 aromatic heterocycles. The predicted octanol–water partition coefficient (Wildman–Crippen LogP) is 6.81. The summed E-state index contributed by atoms with van der Waals surface area (Å²) in [5.74, 6) is -0.963. The molecule has 162 valence electrons. The summed E-state index contributed by atoms with van der Waals surface area (Å²) < 4.78 is 41.5. The van der Waals surface area contributed by atoms with Crippen LogP contribution in [-0.4, -0.2) is 30.0 Å². The molecule has 0 saturated heterocycles. The minimum absolute atomic E-state index is 0.0248. The first-order valence-corrected chi connectivity index (χ1v) is 9.92. The van der Waals surface area contributed by atoms with Gasteiger partial charge in [-0.05, 0) is 51.5 Å². The minimum atomic E-state index is -2.88. The van der Waals surface area contributed by atoms with Crippen molar-refractivity contribution in [1.82, 2.24) is 4.90 Å². The number of rotatable bonds is 8. The molecule has 30 heavy (non-hydrogen) atoms. The van der Waals surface area contributed by atoms with Gasteiger partial charge >= 0.3 is 0 Å². The van der Waals surface area contributed by atoms with Crippen LogP contribution in [-0.2, 0) is 0 Å². The van der Waals surface area contributed by atoms with E-state index in [2.05, 4.69) is 35.1 Å². The third-order valence-electron chi connectivity index (χ3n) is 5.84. The molecule has 0 amide bonds. The van der Waals surface area contributed by atoms with Gasteiger partial charge in [-0.3, -0.25) is 0 Å². The van der Waals surface area contributed by atoms with Crippen LogP contribution in [0.3, 0.4) is 0 Å². The van der Waals surface area contributed by atoms with Crippen molar-refractivity contribution in [2.45, 2.75) is 58.4 Å². The number of allylic oxidation sites excluding steroid dienone is 3. The Morgan fingerprint density at radius 1 is 1.23 bits per heavy atom. The van der Waals surface area contributed by atoms with Gasteiger partial charge in [-0.15, -0.1) is 0 Å². The first-order valence-electron chi connectivity index (χ1n) is 9.92. The van der Waals surface area contributed by atoms with Crippen molar-refractivity contribution in [2.24, 2.45) is 9.98 Å². The molecule has 1 aromatic rings. The SMILES string of the molecule is C=C/C(C)=C(N=C(C)N=C)\C(=C/N(C)C1(C)CC1)C(C)c1cccc(C(F)F)c1F. The second-order valence-corrected chi connectivity index (χ2v) is 8.02. The molecule has 1 fully saturated rings. The number of alkyl halides is 2. The molecule has 0 heterocycles. The quantitative estimate of drug-likeness (QED) is 0.259. The third-order valence-corrected chi connectivity index (χ3v) is 5.84. The maximum absolute atomic E-state index is 15.0. The molecule has 3 nitrogen and oxygen atoms in total. The van der Waals surface area contributed by atoms with Crippen molar-refractivity contribution in [1.29, 1.82) is 0 Å². The van der Waals surface area contributed by atoms with E-state index in [0.717, 1.165) is 24.5 Å². The van der Waals surface area contributed by atoms with Gasteiger partial charge in [0, 0.05) is 30.3 Å². The minimum Gasteiger partial charge on any atom is -0.375 e. The number of hydrogen-bond acceptors (Lipinski definition) is 2. The number of aliphatic imine (C=N–C) groups is 2. The summed E-state index contributed by atoms with van der Waals surface area (Å²) in [5, 5.41) is 0. The van der Waals surface area contributed by atoms with Gasteiger partial charge in [0.05, 0.1) is 11.3 Å². The summed E-state index contributed by atoms with van der Waals surface area (Å²) in [6.07, 6.45) is 2.82. The smallest absolute Gasteiger partial charge is 0.266 e. The van der Waals surface area contributed by atoms with E-state index in [1.165, 1.54) is 6.07 Å². The molecule has 0 bridgehead atoms. The van der Waals surface area contributed by atoms with Crippen molar-refractivity contribution in [2.75, 3.05) is 7.05 Å². The Labute approximate surface area is 177 Å². The van der Waals surface area contributed by atoms with Gasteiger partial charge in [-0.2, -0.15) is 0 Å². The highest BCUT2D eigenvalue weighted by Crippen LogP contribution is 2.42. The zero-order chi connectivity index (χ0) is 22.6. The third kappa shape index (κ3) is 5.10. The summed E-state index contributed by atoms with van der Waals surface area (Å²) in [4.78, 5) is 10.6. The summed E-state index contributed by atoms with van der Waals surface area (Å²) in [5.41, 5.74) is 1.69. The molecule has 0 N–H and O–H groups in total. The molecule has 1 atom stereocenters. The number of benzene rings is 1. The molecule has 6 heteroatoms. The fourth-order valence-corrected chi connectivity index (χ4v) is 3.19. The molecule has 1 aliphatic carbocycles. The van der Waals surface area contributed by atoms with Crippen LogP contribution in [0, 0.1) is 5.82 Å². The van der Waals surface area contributed by atoms with Crippen molar-refractivity contribution in [3.05, 3.63) is 70.8 Å². The van der Waals surface area contributed by atoms with Gasteiger partial charge in [0.15, 0.2) is 0 Å². The highest BCUT2D eigenvalue weighted by molar-refractivity contribution is 5.85. The fraction of sp³-hybridized carbons (Fsp3) is 0.417. The van der Waals surface area contributed by atoms with Crippen LogP contribution < -0.4 is 0 Å². The molecule has 2 rings (SSSR count). The molecule has 1 aliphatic rings. The van der Waals surface area contributed by atoms with Gasteiger partial charge in [-0.1, -0.05) is 37.8 Å². The highest BCUT2D eigenvalue weighted by Gasteiger charge is 2.40. The van der Waals surface area contributed by atoms with E-state index in [9.17, 15) is 13.2 Å². The van der Waals surface area contributed by atoms with E-state index in [-0.39, 0.29) is 11.1 Å². The summed E-state index contributed by atoms with van der Waals surface area (Å²) in [6.45, 7) is 14.9. The maximum atomic E-state index is 15.0. The molecular formula is C24H30F3N3. The van der Waals surface area contributed by atoms with E-state index in [1.54, 1.807) is 26.0 Å². The topological polar surface area (TPSA) is 28.0 Å². The van der Waals surface area contributed by atoms with Gasteiger partial charge < -0.3 is 4.90 Å². The Balaban J connectivity index is 2.70. The van der Waals surface area contributed by atoms with Gasteiger partial charge in [0.2, 0.25) is 0 Å². The lowest BCUT2D eigenvalue weighted by atomic mass is 9.88. The highest BCUT2D eigenvalue weighted by atomic mass is 19.3. The molecule has 1 aromatic carbocycles. The van der Waals surface area contributed by atoms with E-state index in [4.69, 9.17) is 0 Å². The van der Waals surface area contributed by atoms with Crippen molar-refractivity contribution >= 4 is 12.6 Å². The second-order valence-electron chi connectivity index (χ2n) is 8.02. The first kappa shape index (κ1) is 23.6. The second kappa shape index (κ2) is 9.45. The molecular weight excluding hydrogens is 387 g/mol. The van der Waals surface area contributed by atoms with E-state index < -0.39 is 23.7 Å². The van der Waals surface area contributed by atoms with E-state index in [1.807, 2.05) is 20.2 Å². The van der Waals surface area contributed by atoms with Crippen LogP contribution in [0.25, 0.3) is 0 Å². The lowest BCUT2D eigenvalue weighted by Gasteiger charge is -2.27. The first-order chi connectivity index (χ1) is 14.1. The largest absolute Gasteiger partial charge is 0.375 e. The Morgan fingerprint density at radius 3 is 2.33 bits per heavy atom. The summed E-state index contributed by atoms with van der Waals surface area (Å²) in [7, 11) is 1.97. The Bertz CT molecular complexity index is 908. The number of nitrogens with zero attached hydrogens (tertiary/aromatic N) is 3. The van der Waals surface area contributed by atoms with Crippen LogP contribution in [0.4, 0.5) is 13.2 Å². The standard InChI is InChI=1S/C24H30F3N3/c1-8-15(2)22(29-17(4)28-6)20(14-30(7)24(5)12-13-24)16(3)18-10-9-11-19(21(18)25)23(26)27/h8-11,14,16,23H,1,6,12-13H2,2-5,7H3/b20-14-,22-15+,29-17?. The Hall–Kier alpha value is -2.63. The zero-order valence-electron chi connectivity index (χ0n) is 18.3. The van der Waals surface area contributed by atoms with Crippen LogP contribution in [0.15, 0.2) is 63.9 Å². The van der Waals surface area contributed by atoms with Crippen LogP contribution in [0.5, 0.6) is 0 Å². The molecule has 1 saturated carbocycles. The van der Waals surface area contributed by atoms with Gasteiger partial charge in [0.1, 0.15) is 11.7 Å². The molecule has 0 radical (unpaired) electrons. The van der Waals surface area contributed by atoms with E-state index >= 15 is 0 Å². The number of halogens is 3. The Morgan fingerprint density at radius 2 is 1.83 bits per heavy atom. The molecule has 1 unspecified atom stereocenters. The monoisotopic (exact) mass is 417 g/mol. The molecule has 0 spiro atoms. The fourth-order valence-electron chi connectivity index (χ4n) is 3.19. The molecule has 0 aliphatic heterocycles. The zero-order valence-corrected chi connectivity index (χ0v) is 18.3. The predicted molar refractivity (Wildman–Crippen MR) is 119 cm³/mol. The van der Waals surface area contributed by atoms with Crippen LogP contribution in [0.2, 0.25) is 0 Å². The van der Waals surface area contributed by atoms with Crippen molar-refractivity contribution in [3.8, 4) is 0 Å². The lowest BCUT2D eigenvalue weighted by Crippen LogP contribution is -2.26. The summed E-state index contributed by atoms with van der Waals surface area (Å²) >= 11 is 0. The number of hydrogen-bond donors (Lipinski definition) is 0. The van der Waals surface area contributed by atoms with Gasteiger partial charge in [0.25, 0.3) is 6.43 Å². The van der Waals surface area contributed by atoms with Gasteiger partial charge in [-0.25, -0.2) is 23.2 Å².